The smallest absolute Gasteiger partial charge is 0.234 e. The number of fused-ring (bicyclic) bond motifs is 1. The van der Waals surface area contributed by atoms with Crippen molar-refractivity contribution in [2.45, 2.75) is 25.3 Å². The molecule has 28 heavy (non-hydrogen) atoms. The Morgan fingerprint density at radius 3 is 2.86 bits per heavy atom. The van der Waals surface area contributed by atoms with Gasteiger partial charge in [0.1, 0.15) is 10.8 Å². The van der Waals surface area contributed by atoms with Crippen molar-refractivity contribution in [2.24, 2.45) is 0 Å². The number of amides is 1. The van der Waals surface area contributed by atoms with E-state index in [1.165, 1.54) is 10.3 Å². The minimum Gasteiger partial charge on any atom is -0.497 e. The quantitative estimate of drug-likeness (QED) is 0.661. The molecule has 0 radical (unpaired) electrons. The average molecular weight is 396 g/mol. The summed E-state index contributed by atoms with van der Waals surface area (Å²) in [4.78, 5) is 19.5. The van der Waals surface area contributed by atoms with Crippen LogP contribution in [0.1, 0.15) is 29.5 Å². The zero-order valence-electron chi connectivity index (χ0n) is 16.1. The number of benzene rings is 2. The van der Waals surface area contributed by atoms with Crippen molar-refractivity contribution < 1.29 is 9.53 Å². The molecule has 3 aromatic rings. The van der Waals surface area contributed by atoms with Gasteiger partial charge in [-0.05, 0) is 55.6 Å². The van der Waals surface area contributed by atoms with Crippen molar-refractivity contribution in [2.75, 3.05) is 26.7 Å². The second-order valence-electron chi connectivity index (χ2n) is 7.10. The van der Waals surface area contributed by atoms with Crippen LogP contribution in [0.15, 0.2) is 48.5 Å². The molecule has 1 saturated heterocycles. The topological polar surface area (TPSA) is 54.5 Å². The first-order chi connectivity index (χ1) is 13.7. The molecule has 1 amide bonds. The molecule has 1 aromatic heterocycles. The van der Waals surface area contributed by atoms with E-state index in [1.54, 1.807) is 18.4 Å². The molecule has 2 heterocycles. The molecule has 1 aliphatic rings. The molecule has 1 aliphatic heterocycles. The lowest BCUT2D eigenvalue weighted by Gasteiger charge is -2.22. The van der Waals surface area contributed by atoms with Crippen molar-refractivity contribution in [3.05, 3.63) is 59.1 Å². The van der Waals surface area contributed by atoms with E-state index in [0.29, 0.717) is 13.1 Å². The van der Waals surface area contributed by atoms with Gasteiger partial charge in [0.25, 0.3) is 0 Å². The van der Waals surface area contributed by atoms with Gasteiger partial charge in [-0.2, -0.15) is 0 Å². The van der Waals surface area contributed by atoms with Crippen molar-refractivity contribution in [1.82, 2.24) is 15.2 Å². The van der Waals surface area contributed by atoms with Crippen LogP contribution in [0.3, 0.4) is 0 Å². The van der Waals surface area contributed by atoms with Crippen molar-refractivity contribution in [3.63, 3.8) is 0 Å². The van der Waals surface area contributed by atoms with E-state index in [-0.39, 0.29) is 11.9 Å². The molecule has 0 saturated carbocycles. The number of methoxy groups -OCH3 is 1. The van der Waals surface area contributed by atoms with Gasteiger partial charge in [0.15, 0.2) is 0 Å². The summed E-state index contributed by atoms with van der Waals surface area (Å²) in [6.45, 7) is 2.03. The highest BCUT2D eigenvalue weighted by atomic mass is 32.1. The molecule has 1 N–H and O–H groups in total. The summed E-state index contributed by atoms with van der Waals surface area (Å²) >= 11 is 1.75. The Morgan fingerprint density at radius 2 is 2.07 bits per heavy atom. The molecule has 0 bridgehead atoms. The fourth-order valence-corrected chi connectivity index (χ4v) is 4.84. The lowest BCUT2D eigenvalue weighted by molar-refractivity contribution is -0.122. The largest absolute Gasteiger partial charge is 0.497 e. The van der Waals surface area contributed by atoms with Gasteiger partial charge in [-0.3, -0.25) is 9.69 Å². The molecule has 5 nitrogen and oxygen atoms in total. The maximum absolute atomic E-state index is 12.4. The molecule has 6 heteroatoms. The summed E-state index contributed by atoms with van der Waals surface area (Å²) in [6, 6.07) is 16.5. The molecule has 1 fully saturated rings. The van der Waals surface area contributed by atoms with Gasteiger partial charge < -0.3 is 10.1 Å². The minimum absolute atomic E-state index is 0.0847. The predicted molar refractivity (Wildman–Crippen MR) is 113 cm³/mol. The highest BCUT2D eigenvalue weighted by Gasteiger charge is 2.29. The van der Waals surface area contributed by atoms with Crippen LogP contribution in [0.5, 0.6) is 5.75 Å². The summed E-state index contributed by atoms with van der Waals surface area (Å²) in [5, 5.41) is 4.19. The van der Waals surface area contributed by atoms with Gasteiger partial charge in [0.05, 0.1) is 29.9 Å². The van der Waals surface area contributed by atoms with E-state index in [1.807, 2.05) is 36.4 Å². The van der Waals surface area contributed by atoms with Crippen LogP contribution in [0, 0.1) is 0 Å². The zero-order valence-corrected chi connectivity index (χ0v) is 16.9. The van der Waals surface area contributed by atoms with E-state index in [9.17, 15) is 4.79 Å². The Kier molecular flexibility index (Phi) is 5.88. The highest BCUT2D eigenvalue weighted by molar-refractivity contribution is 7.18. The second-order valence-corrected chi connectivity index (χ2v) is 8.16. The first kappa shape index (κ1) is 18.9. The monoisotopic (exact) mass is 395 g/mol. The van der Waals surface area contributed by atoms with Crippen LogP contribution >= 0.6 is 11.3 Å². The number of carbonyl (C=O) groups is 1. The predicted octanol–water partition coefficient (Wildman–Crippen LogP) is 3.80. The number of ether oxygens (including phenoxy) is 1. The van der Waals surface area contributed by atoms with Crippen LogP contribution in [0.25, 0.3) is 10.2 Å². The van der Waals surface area contributed by atoms with Crippen molar-refractivity contribution >= 4 is 27.5 Å². The molecule has 0 spiro atoms. The number of thiazole rings is 1. The SMILES string of the molecule is COc1ccc(CCNC(=O)CN2CCCC2c2nc3ccccc3s2)cc1. The normalized spacial score (nSPS) is 17.1. The highest BCUT2D eigenvalue weighted by Crippen LogP contribution is 2.36. The van der Waals surface area contributed by atoms with Gasteiger partial charge in [0.2, 0.25) is 5.91 Å². The molecule has 2 aromatic carbocycles. The maximum Gasteiger partial charge on any atom is 0.234 e. The van der Waals surface area contributed by atoms with Crippen molar-refractivity contribution in [1.29, 1.82) is 0 Å². The van der Waals surface area contributed by atoms with Gasteiger partial charge in [-0.25, -0.2) is 4.98 Å². The van der Waals surface area contributed by atoms with Gasteiger partial charge in [-0.15, -0.1) is 11.3 Å². The number of nitrogens with zero attached hydrogens (tertiary/aromatic N) is 2. The Balaban J connectivity index is 1.30. The molecule has 0 aliphatic carbocycles. The molecule has 146 valence electrons. The van der Waals surface area contributed by atoms with E-state index in [4.69, 9.17) is 9.72 Å². The maximum atomic E-state index is 12.4. The number of carbonyl (C=O) groups excluding carboxylic acids is 1. The number of rotatable bonds is 7. The van der Waals surface area contributed by atoms with Crippen LogP contribution in [-0.2, 0) is 11.2 Å². The van der Waals surface area contributed by atoms with Crippen LogP contribution < -0.4 is 10.1 Å². The van der Waals surface area contributed by atoms with E-state index in [2.05, 4.69) is 22.3 Å². The number of hydrogen-bond donors (Lipinski definition) is 1. The molecule has 1 unspecified atom stereocenters. The number of para-hydroxylation sites is 1. The summed E-state index contributed by atoms with van der Waals surface area (Å²) in [5.41, 5.74) is 2.24. The number of hydrogen-bond acceptors (Lipinski definition) is 5. The minimum atomic E-state index is 0.0847. The van der Waals surface area contributed by atoms with Gasteiger partial charge >= 0.3 is 0 Å². The zero-order chi connectivity index (χ0) is 19.3. The molecular weight excluding hydrogens is 370 g/mol. The molecular formula is C22H25N3O2S. The average Bonchev–Trinajstić information content (AvgIpc) is 3.34. The Hall–Kier alpha value is -2.44. The van der Waals surface area contributed by atoms with Gasteiger partial charge in [0, 0.05) is 6.54 Å². The Labute approximate surface area is 169 Å². The van der Waals surface area contributed by atoms with E-state index in [0.717, 1.165) is 42.1 Å². The second kappa shape index (κ2) is 8.71. The fourth-order valence-electron chi connectivity index (χ4n) is 3.71. The fraction of sp³-hybridized carbons (Fsp3) is 0.364. The number of nitrogens with one attached hydrogen (secondary N) is 1. The van der Waals surface area contributed by atoms with E-state index >= 15 is 0 Å². The molecule has 4 rings (SSSR count). The van der Waals surface area contributed by atoms with Crippen LogP contribution in [0.4, 0.5) is 0 Å². The number of aromatic nitrogens is 1. The lowest BCUT2D eigenvalue weighted by Crippen LogP contribution is -2.37. The first-order valence-corrected chi connectivity index (χ1v) is 10.5. The summed E-state index contributed by atoms with van der Waals surface area (Å²) < 4.78 is 6.39. The summed E-state index contributed by atoms with van der Waals surface area (Å²) in [7, 11) is 1.66. The standard InChI is InChI=1S/C22H25N3O2S/c1-27-17-10-8-16(9-11-17)12-13-23-21(26)15-25-14-4-6-19(25)22-24-18-5-2-3-7-20(18)28-22/h2-3,5,7-11,19H,4,6,12-15H2,1H3,(H,23,26). The number of likely N-dealkylation sites (tertiary alicyclic amines) is 1. The summed E-state index contributed by atoms with van der Waals surface area (Å²) in [6.07, 6.45) is 3.00. The third-order valence-electron chi connectivity index (χ3n) is 5.20. The van der Waals surface area contributed by atoms with Crippen LogP contribution in [-0.4, -0.2) is 42.5 Å². The lowest BCUT2D eigenvalue weighted by atomic mass is 10.1. The third-order valence-corrected chi connectivity index (χ3v) is 6.34. The first-order valence-electron chi connectivity index (χ1n) is 9.72. The summed E-state index contributed by atoms with van der Waals surface area (Å²) in [5.74, 6) is 0.934. The molecule has 1 atom stereocenters. The van der Waals surface area contributed by atoms with Crippen LogP contribution in [0.2, 0.25) is 0 Å². The Morgan fingerprint density at radius 1 is 1.25 bits per heavy atom. The van der Waals surface area contributed by atoms with Crippen molar-refractivity contribution in [3.8, 4) is 5.75 Å². The van der Waals surface area contributed by atoms with Gasteiger partial charge in [-0.1, -0.05) is 24.3 Å². The Bertz CT molecular complexity index is 905. The third kappa shape index (κ3) is 4.34. The van der Waals surface area contributed by atoms with E-state index < -0.39 is 0 Å².